The van der Waals surface area contributed by atoms with E-state index < -0.39 is 29.4 Å². The van der Waals surface area contributed by atoms with E-state index >= 15 is 0 Å². The smallest absolute Gasteiger partial charge is 1.00 e. The second kappa shape index (κ2) is 5.16. The Bertz CT molecular complexity index is 245. The third-order valence-corrected chi connectivity index (χ3v) is 1.14. The van der Waals surface area contributed by atoms with Gasteiger partial charge >= 0.3 is 41.6 Å². The molecule has 0 aromatic rings. The molecule has 0 atom stereocenters. The maximum atomic E-state index is 11.8. The Kier molecular flexibility index (Phi) is 6.22. The summed E-state index contributed by atoms with van der Waals surface area (Å²) in [6, 6.07) is 0. The third-order valence-electron chi connectivity index (χ3n) is 0.720. The van der Waals surface area contributed by atoms with Crippen molar-refractivity contribution in [3.63, 3.8) is 0 Å². The molecule has 76 valence electrons. The molecule has 10 heteroatoms. The standard InChI is InChI=1S/C3H4F4O4S.Li.H/c4-2(5)3(6,7)1-11-12(8,9)10;;/h2H,1H2,(H,8,9,10);;/q;+1;-1. The number of halogens is 4. The summed E-state index contributed by atoms with van der Waals surface area (Å²) in [5.74, 6) is -4.59. The number of hydrogen-bond acceptors (Lipinski definition) is 3. The van der Waals surface area contributed by atoms with E-state index in [2.05, 4.69) is 4.18 Å². The van der Waals surface area contributed by atoms with Crippen LogP contribution in [-0.2, 0) is 14.6 Å². The summed E-state index contributed by atoms with van der Waals surface area (Å²) in [7, 11) is -5.10. The number of alkyl halides is 4. The zero-order valence-corrected chi connectivity index (χ0v) is 7.19. The van der Waals surface area contributed by atoms with Crippen LogP contribution in [0.2, 0.25) is 0 Å². The van der Waals surface area contributed by atoms with Crippen LogP contribution in [0.15, 0.2) is 0 Å². The minimum absolute atomic E-state index is 0. The SMILES string of the molecule is O=S(=O)(O)OCC(F)(F)C(F)F.[H-].[Li+]. The molecule has 1 N–H and O–H groups in total. The molecule has 0 aliphatic rings. The summed E-state index contributed by atoms with van der Waals surface area (Å²) < 4.78 is 76.3. The van der Waals surface area contributed by atoms with Gasteiger partial charge in [-0.3, -0.25) is 4.55 Å². The van der Waals surface area contributed by atoms with E-state index in [9.17, 15) is 26.0 Å². The first-order valence-corrected chi connectivity index (χ1v) is 3.79. The molecule has 0 heterocycles. The summed E-state index contributed by atoms with van der Waals surface area (Å²) >= 11 is 0. The van der Waals surface area contributed by atoms with E-state index in [0.717, 1.165) is 0 Å². The molecule has 0 saturated heterocycles. The first-order valence-electron chi connectivity index (χ1n) is 2.43. The van der Waals surface area contributed by atoms with E-state index in [-0.39, 0.29) is 20.3 Å². The van der Waals surface area contributed by atoms with Crippen molar-refractivity contribution in [3.8, 4) is 0 Å². The largest absolute Gasteiger partial charge is 1.00 e. The number of hydrogen-bond donors (Lipinski definition) is 1. The second-order valence-electron chi connectivity index (χ2n) is 1.75. The molecule has 0 amide bonds. The van der Waals surface area contributed by atoms with Crippen LogP contribution < -0.4 is 18.9 Å². The van der Waals surface area contributed by atoms with E-state index in [4.69, 9.17) is 4.55 Å². The molecule has 13 heavy (non-hydrogen) atoms. The van der Waals surface area contributed by atoms with Crippen molar-refractivity contribution in [2.24, 2.45) is 0 Å². The van der Waals surface area contributed by atoms with Gasteiger partial charge in [0.2, 0.25) is 0 Å². The average molecular weight is 220 g/mol. The minimum Gasteiger partial charge on any atom is -1.00 e. The molecule has 0 aromatic carbocycles. The molecule has 0 spiro atoms. The van der Waals surface area contributed by atoms with Gasteiger partial charge in [-0.15, -0.1) is 0 Å². The summed E-state index contributed by atoms with van der Waals surface area (Å²) in [6.45, 7) is -2.08. The van der Waals surface area contributed by atoms with Crippen LogP contribution in [-0.4, -0.2) is 31.9 Å². The fourth-order valence-electron chi connectivity index (χ4n) is 0.216. The molecule has 0 rings (SSSR count). The quantitative estimate of drug-likeness (QED) is 0.332. The van der Waals surface area contributed by atoms with Crippen LogP contribution >= 0.6 is 0 Å². The van der Waals surface area contributed by atoms with Crippen LogP contribution in [0.1, 0.15) is 1.43 Å². The van der Waals surface area contributed by atoms with Gasteiger partial charge < -0.3 is 1.43 Å². The van der Waals surface area contributed by atoms with Gasteiger partial charge in [-0.05, 0) is 0 Å². The van der Waals surface area contributed by atoms with Gasteiger partial charge in [0.1, 0.15) is 6.61 Å². The monoisotopic (exact) mass is 220 g/mol. The Labute approximate surface area is 84.9 Å². The molecule has 0 bridgehead atoms. The van der Waals surface area contributed by atoms with Crippen LogP contribution in [0, 0.1) is 0 Å². The first-order chi connectivity index (χ1) is 5.15. The van der Waals surface area contributed by atoms with Crippen LogP contribution in [0.25, 0.3) is 0 Å². The second-order valence-corrected chi connectivity index (χ2v) is 2.84. The number of rotatable bonds is 4. The molecule has 0 aromatic heterocycles. The van der Waals surface area contributed by atoms with Gasteiger partial charge in [0.15, 0.2) is 0 Å². The van der Waals surface area contributed by atoms with E-state index in [1.165, 1.54) is 0 Å². The summed E-state index contributed by atoms with van der Waals surface area (Å²) in [4.78, 5) is 0. The summed E-state index contributed by atoms with van der Waals surface area (Å²) in [5.41, 5.74) is 0. The Morgan fingerprint density at radius 2 is 1.85 bits per heavy atom. The molecule has 0 aliphatic carbocycles. The maximum Gasteiger partial charge on any atom is 1.00 e. The predicted octanol–water partition coefficient (Wildman–Crippen LogP) is -2.18. The normalized spacial score (nSPS) is 12.8. The topological polar surface area (TPSA) is 63.6 Å². The average Bonchev–Trinajstić information content (AvgIpc) is 1.82. The molecule has 0 fully saturated rings. The van der Waals surface area contributed by atoms with Crippen molar-refractivity contribution in [3.05, 3.63) is 0 Å². The first kappa shape index (κ1) is 15.7. The van der Waals surface area contributed by atoms with Crippen LogP contribution in [0.5, 0.6) is 0 Å². The van der Waals surface area contributed by atoms with E-state index in [0.29, 0.717) is 0 Å². The summed E-state index contributed by atoms with van der Waals surface area (Å²) in [5, 5.41) is 0. The fraction of sp³-hybridized carbons (Fsp3) is 1.00. The Balaban J connectivity index is -0.000000605. The van der Waals surface area contributed by atoms with Crippen molar-refractivity contribution < 1.29 is 55.0 Å². The van der Waals surface area contributed by atoms with Gasteiger partial charge in [-0.25, -0.2) is 13.0 Å². The van der Waals surface area contributed by atoms with Gasteiger partial charge in [0, 0.05) is 0 Å². The van der Waals surface area contributed by atoms with Crippen LogP contribution in [0.3, 0.4) is 0 Å². The maximum absolute atomic E-state index is 11.8. The van der Waals surface area contributed by atoms with E-state index in [1.807, 2.05) is 0 Å². The van der Waals surface area contributed by atoms with Crippen molar-refractivity contribution in [1.29, 1.82) is 0 Å². The van der Waals surface area contributed by atoms with Crippen LogP contribution in [0.4, 0.5) is 17.6 Å². The molecule has 4 nitrogen and oxygen atoms in total. The molecule has 0 unspecified atom stereocenters. The minimum atomic E-state index is -5.10. The molecule has 0 radical (unpaired) electrons. The van der Waals surface area contributed by atoms with Crippen molar-refractivity contribution in [2.45, 2.75) is 12.3 Å². The van der Waals surface area contributed by atoms with Gasteiger partial charge in [0.25, 0.3) is 0 Å². The summed E-state index contributed by atoms with van der Waals surface area (Å²) in [6.07, 6.45) is -4.04. The molecule has 0 saturated carbocycles. The Hall–Kier alpha value is 0.187. The van der Waals surface area contributed by atoms with Crippen molar-refractivity contribution in [2.75, 3.05) is 6.61 Å². The fourth-order valence-corrected chi connectivity index (χ4v) is 0.522. The Morgan fingerprint density at radius 1 is 1.46 bits per heavy atom. The zero-order valence-electron chi connectivity index (χ0n) is 7.38. The van der Waals surface area contributed by atoms with Crippen molar-refractivity contribution >= 4 is 10.4 Å². The third kappa shape index (κ3) is 7.27. The predicted molar refractivity (Wildman–Crippen MR) is 29.6 cm³/mol. The zero-order chi connectivity index (χ0) is 9.99. The van der Waals surface area contributed by atoms with Gasteiger partial charge in [0.05, 0.1) is 0 Å². The van der Waals surface area contributed by atoms with E-state index in [1.54, 1.807) is 0 Å². The van der Waals surface area contributed by atoms with Gasteiger partial charge in [-0.1, -0.05) is 0 Å². The molecular formula is C3H5F4LiO4S. The van der Waals surface area contributed by atoms with Gasteiger partial charge in [-0.2, -0.15) is 17.2 Å². The van der Waals surface area contributed by atoms with Crippen molar-refractivity contribution in [1.82, 2.24) is 0 Å². The molecular weight excluding hydrogens is 215 g/mol. The Morgan fingerprint density at radius 3 is 2.08 bits per heavy atom. The molecule has 0 aliphatic heterocycles.